The Kier molecular flexibility index (Phi) is 7.90. The minimum atomic E-state index is -0.126. The molecule has 248 valence electrons. The molecule has 0 atom stereocenters. The second kappa shape index (κ2) is 13.0. The van der Waals surface area contributed by atoms with E-state index in [1.165, 1.54) is 66.8 Å². The van der Waals surface area contributed by atoms with Crippen LogP contribution >= 0.6 is 0 Å². The summed E-state index contributed by atoms with van der Waals surface area (Å²) in [5.41, 5.74) is 18.2. The third-order valence-corrected chi connectivity index (χ3v) is 10.7. The molecule has 8 aromatic rings. The van der Waals surface area contributed by atoms with Crippen molar-refractivity contribution in [3.05, 3.63) is 211 Å². The molecule has 0 aromatic heterocycles. The van der Waals surface area contributed by atoms with E-state index in [1.54, 1.807) is 0 Å². The fraction of sp³-hybridized carbons (Fsp3) is 0.0588. The van der Waals surface area contributed by atoms with Crippen molar-refractivity contribution in [3.8, 4) is 55.6 Å². The van der Waals surface area contributed by atoms with Crippen molar-refractivity contribution in [2.75, 3.05) is 4.90 Å². The predicted octanol–water partition coefficient (Wildman–Crippen LogP) is 14.1. The summed E-state index contributed by atoms with van der Waals surface area (Å²) in [6.07, 6.45) is 0. The Labute approximate surface area is 307 Å². The Morgan fingerprint density at radius 3 is 1.48 bits per heavy atom. The van der Waals surface area contributed by atoms with Gasteiger partial charge in [0.15, 0.2) is 0 Å². The van der Waals surface area contributed by atoms with Gasteiger partial charge >= 0.3 is 0 Å². The molecule has 0 unspecified atom stereocenters. The van der Waals surface area contributed by atoms with Gasteiger partial charge in [0.1, 0.15) is 0 Å². The minimum absolute atomic E-state index is 0.126. The number of rotatable bonds is 7. The van der Waals surface area contributed by atoms with Crippen LogP contribution in [0.1, 0.15) is 25.0 Å². The molecule has 0 aliphatic heterocycles. The first-order valence-electron chi connectivity index (χ1n) is 18.1. The summed E-state index contributed by atoms with van der Waals surface area (Å²) in [5.74, 6) is 0. The van der Waals surface area contributed by atoms with Crippen LogP contribution in [0, 0.1) is 0 Å². The summed E-state index contributed by atoms with van der Waals surface area (Å²) in [7, 11) is 0. The number of nitrogens with zero attached hydrogens (tertiary/aromatic N) is 1. The van der Waals surface area contributed by atoms with Gasteiger partial charge in [0.05, 0.1) is 5.69 Å². The summed E-state index contributed by atoms with van der Waals surface area (Å²) in [4.78, 5) is 2.46. The van der Waals surface area contributed by atoms with Crippen LogP contribution in [-0.4, -0.2) is 0 Å². The molecule has 0 heterocycles. The van der Waals surface area contributed by atoms with Crippen molar-refractivity contribution in [3.63, 3.8) is 0 Å². The van der Waals surface area contributed by atoms with Gasteiger partial charge in [-0.05, 0) is 97.6 Å². The average molecular weight is 666 g/mol. The smallest absolute Gasteiger partial charge is 0.0540 e. The van der Waals surface area contributed by atoms with Gasteiger partial charge < -0.3 is 4.90 Å². The molecule has 1 aliphatic carbocycles. The van der Waals surface area contributed by atoms with Crippen LogP contribution in [-0.2, 0) is 5.41 Å². The van der Waals surface area contributed by atoms with E-state index in [9.17, 15) is 0 Å². The molecule has 1 nitrogen and oxygen atoms in total. The highest BCUT2D eigenvalue weighted by molar-refractivity contribution is 5.96. The normalized spacial score (nSPS) is 12.6. The third-order valence-electron chi connectivity index (χ3n) is 10.7. The van der Waals surface area contributed by atoms with Gasteiger partial charge in [0, 0.05) is 22.4 Å². The maximum Gasteiger partial charge on any atom is 0.0540 e. The zero-order chi connectivity index (χ0) is 35.1. The lowest BCUT2D eigenvalue weighted by molar-refractivity contribution is 0.660. The molecular formula is C51H39N. The van der Waals surface area contributed by atoms with Crippen LogP contribution in [0.3, 0.4) is 0 Å². The van der Waals surface area contributed by atoms with Crippen molar-refractivity contribution < 1.29 is 0 Å². The number of benzene rings is 8. The zero-order valence-corrected chi connectivity index (χ0v) is 29.5. The fourth-order valence-electron chi connectivity index (χ4n) is 8.06. The first-order valence-corrected chi connectivity index (χ1v) is 18.1. The number of fused-ring (bicyclic) bond motifs is 3. The summed E-state index contributed by atoms with van der Waals surface area (Å²) in [6, 6.07) is 72.8. The van der Waals surface area contributed by atoms with Gasteiger partial charge in [0.2, 0.25) is 0 Å². The number of anilines is 3. The first kappa shape index (κ1) is 31.5. The molecule has 0 N–H and O–H groups in total. The van der Waals surface area contributed by atoms with Gasteiger partial charge in [-0.3, -0.25) is 0 Å². The summed E-state index contributed by atoms with van der Waals surface area (Å²) in [6.45, 7) is 4.73. The molecule has 9 rings (SSSR count). The zero-order valence-electron chi connectivity index (χ0n) is 29.5. The summed E-state index contributed by atoms with van der Waals surface area (Å²) < 4.78 is 0. The second-order valence-corrected chi connectivity index (χ2v) is 14.2. The lowest BCUT2D eigenvalue weighted by Crippen LogP contribution is -2.15. The summed E-state index contributed by atoms with van der Waals surface area (Å²) >= 11 is 0. The highest BCUT2D eigenvalue weighted by Crippen LogP contribution is 2.54. The molecule has 0 spiro atoms. The maximum atomic E-state index is 2.46. The van der Waals surface area contributed by atoms with E-state index < -0.39 is 0 Å². The van der Waals surface area contributed by atoms with Crippen molar-refractivity contribution in [2.24, 2.45) is 0 Å². The first-order chi connectivity index (χ1) is 25.6. The van der Waals surface area contributed by atoms with E-state index in [0.29, 0.717) is 0 Å². The fourth-order valence-corrected chi connectivity index (χ4v) is 8.06. The molecule has 1 heteroatoms. The Bertz CT molecular complexity index is 2520. The number of hydrogen-bond acceptors (Lipinski definition) is 1. The standard InChI is InChI=1S/C51H39N/c1-51(2)47-31-30-43(35-46(47)50-44(27-16-28-48(50)51)38-21-11-5-12-22-38)52(42-26-15-25-40(33-42)36-17-7-3-8-18-36)49-32-29-41(37-19-9-4-10-20-37)34-45(49)39-23-13-6-14-24-39/h3-35H,1-2H3. The van der Waals surface area contributed by atoms with E-state index >= 15 is 0 Å². The highest BCUT2D eigenvalue weighted by atomic mass is 15.1. The van der Waals surface area contributed by atoms with E-state index in [2.05, 4.69) is 219 Å². The second-order valence-electron chi connectivity index (χ2n) is 14.2. The largest absolute Gasteiger partial charge is 0.310 e. The van der Waals surface area contributed by atoms with Crippen LogP contribution < -0.4 is 4.90 Å². The van der Waals surface area contributed by atoms with E-state index in [4.69, 9.17) is 0 Å². The van der Waals surface area contributed by atoms with Crippen molar-refractivity contribution in [1.82, 2.24) is 0 Å². The van der Waals surface area contributed by atoms with E-state index in [0.717, 1.165) is 17.1 Å². The van der Waals surface area contributed by atoms with E-state index in [1.807, 2.05) is 0 Å². The van der Waals surface area contributed by atoms with Gasteiger partial charge in [0.25, 0.3) is 0 Å². The molecule has 1 aliphatic rings. The Balaban J connectivity index is 1.30. The van der Waals surface area contributed by atoms with Crippen molar-refractivity contribution >= 4 is 17.1 Å². The monoisotopic (exact) mass is 665 g/mol. The summed E-state index contributed by atoms with van der Waals surface area (Å²) in [5, 5.41) is 0. The molecule has 0 saturated carbocycles. The quantitative estimate of drug-likeness (QED) is 0.164. The Morgan fingerprint density at radius 2 is 0.846 bits per heavy atom. The van der Waals surface area contributed by atoms with Crippen LogP contribution in [0.25, 0.3) is 55.6 Å². The van der Waals surface area contributed by atoms with Crippen LogP contribution in [0.4, 0.5) is 17.1 Å². The van der Waals surface area contributed by atoms with E-state index in [-0.39, 0.29) is 5.41 Å². The SMILES string of the molecule is CC1(C)c2ccc(N(c3cccc(-c4ccccc4)c3)c3ccc(-c4ccccc4)cc3-c3ccccc3)cc2-c2c(-c3ccccc3)cccc21. The van der Waals surface area contributed by atoms with Crippen molar-refractivity contribution in [2.45, 2.75) is 19.3 Å². The Hall–Kier alpha value is -6.44. The topological polar surface area (TPSA) is 3.24 Å². The van der Waals surface area contributed by atoms with Gasteiger partial charge in [-0.15, -0.1) is 0 Å². The molecule has 0 bridgehead atoms. The van der Waals surface area contributed by atoms with Gasteiger partial charge in [-0.25, -0.2) is 0 Å². The third kappa shape index (κ3) is 5.52. The van der Waals surface area contributed by atoms with Crippen molar-refractivity contribution in [1.29, 1.82) is 0 Å². The minimum Gasteiger partial charge on any atom is -0.310 e. The molecule has 0 saturated heterocycles. The number of hydrogen-bond donors (Lipinski definition) is 0. The predicted molar refractivity (Wildman–Crippen MR) is 220 cm³/mol. The molecule has 52 heavy (non-hydrogen) atoms. The molecular weight excluding hydrogens is 627 g/mol. The van der Waals surface area contributed by atoms with Gasteiger partial charge in [-0.2, -0.15) is 0 Å². The highest BCUT2D eigenvalue weighted by Gasteiger charge is 2.37. The maximum absolute atomic E-state index is 2.46. The Morgan fingerprint density at radius 1 is 0.327 bits per heavy atom. The lowest BCUT2D eigenvalue weighted by atomic mass is 9.82. The van der Waals surface area contributed by atoms with Crippen LogP contribution in [0.2, 0.25) is 0 Å². The molecule has 0 radical (unpaired) electrons. The molecule has 0 amide bonds. The van der Waals surface area contributed by atoms with Crippen LogP contribution in [0.5, 0.6) is 0 Å². The molecule has 0 fully saturated rings. The average Bonchev–Trinajstić information content (AvgIpc) is 3.45. The molecule has 8 aromatic carbocycles. The van der Waals surface area contributed by atoms with Crippen LogP contribution in [0.15, 0.2) is 200 Å². The van der Waals surface area contributed by atoms with Gasteiger partial charge in [-0.1, -0.05) is 178 Å². The lowest BCUT2D eigenvalue weighted by Gasteiger charge is -2.30.